The second kappa shape index (κ2) is 10.1. The molecule has 0 aromatic heterocycles. The summed E-state index contributed by atoms with van der Waals surface area (Å²) in [6.45, 7) is 18.0. The minimum absolute atomic E-state index is 0.0357. The van der Waals surface area contributed by atoms with Gasteiger partial charge in [-0.1, -0.05) is 71.3 Å². The van der Waals surface area contributed by atoms with E-state index in [1.165, 1.54) is 44.9 Å². The lowest BCUT2D eigenvalue weighted by Gasteiger charge is -2.59. The van der Waals surface area contributed by atoms with Crippen molar-refractivity contribution in [1.82, 2.24) is 10.6 Å². The minimum Gasteiger partial charge on any atom is -0.313 e. The Bertz CT molecular complexity index is 872. The Morgan fingerprint density at radius 2 is 1.43 bits per heavy atom. The van der Waals surface area contributed by atoms with Crippen LogP contribution in [0.15, 0.2) is 22.9 Å². The Morgan fingerprint density at radius 3 is 1.86 bits per heavy atom. The van der Waals surface area contributed by atoms with Gasteiger partial charge in [-0.2, -0.15) is 0 Å². The van der Waals surface area contributed by atoms with Gasteiger partial charge in [-0.15, -0.1) is 9.24 Å². The standard InChI is InChI=1S/C32H56N2P2Si/c1-31(2,3)36(30-23-14-21-13-22(16-23)17-24(30)15-21)20-25-18-26(37(4,5)6)19-27(25)32(35,28-9-7-11-33-28)29-10-8-12-34-29/h18-19,21-25,28-30,33-34H,7-17,20,35H2,1-6H3. The molecular formula is C32H56N2P2Si. The van der Waals surface area contributed by atoms with Crippen LogP contribution in [0.2, 0.25) is 19.6 Å². The monoisotopic (exact) mass is 558 g/mol. The molecule has 4 bridgehead atoms. The molecule has 7 rings (SSSR count). The first-order valence-electron chi connectivity index (χ1n) is 15.9. The van der Waals surface area contributed by atoms with E-state index in [1.54, 1.807) is 42.9 Å². The zero-order valence-electron chi connectivity index (χ0n) is 24.8. The summed E-state index contributed by atoms with van der Waals surface area (Å²) in [5.74, 6) is 4.90. The maximum Gasteiger partial charge on any atom is 0.0772 e. The summed E-state index contributed by atoms with van der Waals surface area (Å²) in [4.78, 5) is 0. The van der Waals surface area contributed by atoms with Crippen LogP contribution >= 0.6 is 17.2 Å². The van der Waals surface area contributed by atoms with Gasteiger partial charge in [0.1, 0.15) is 0 Å². The molecule has 5 atom stereocenters. The van der Waals surface area contributed by atoms with E-state index in [-0.39, 0.29) is 13.1 Å². The van der Waals surface area contributed by atoms with E-state index in [0.29, 0.717) is 23.2 Å². The van der Waals surface area contributed by atoms with Gasteiger partial charge in [-0.25, -0.2) is 0 Å². The average molecular weight is 559 g/mol. The molecule has 7 aliphatic rings. The molecule has 2 nitrogen and oxygen atoms in total. The van der Waals surface area contributed by atoms with E-state index in [4.69, 9.17) is 0 Å². The zero-order valence-corrected chi connectivity index (χ0v) is 27.8. The smallest absolute Gasteiger partial charge is 0.0772 e. The van der Waals surface area contributed by atoms with Gasteiger partial charge >= 0.3 is 0 Å². The fourth-order valence-electron chi connectivity index (χ4n) is 9.98. The summed E-state index contributed by atoms with van der Waals surface area (Å²) in [7, 11) is 2.11. The fraction of sp³-hybridized carbons (Fsp3) is 0.875. The summed E-state index contributed by atoms with van der Waals surface area (Å²) >= 11 is 0. The Labute approximate surface area is 233 Å². The van der Waals surface area contributed by atoms with Crippen molar-refractivity contribution >= 4 is 25.2 Å². The van der Waals surface area contributed by atoms with Crippen LogP contribution in [0.4, 0.5) is 0 Å². The molecule has 2 N–H and O–H groups in total. The van der Waals surface area contributed by atoms with Crippen molar-refractivity contribution in [3.8, 4) is 0 Å². The van der Waals surface area contributed by atoms with E-state index in [9.17, 15) is 0 Å². The first-order chi connectivity index (χ1) is 17.4. The normalized spacial score (nSPS) is 42.1. The Kier molecular flexibility index (Phi) is 7.53. The van der Waals surface area contributed by atoms with Crippen molar-refractivity contribution < 1.29 is 0 Å². The molecule has 0 radical (unpaired) electrons. The van der Waals surface area contributed by atoms with Gasteiger partial charge in [0.05, 0.1) is 8.07 Å². The van der Waals surface area contributed by atoms with Crippen LogP contribution in [0.3, 0.4) is 0 Å². The SMILES string of the molecule is CC(C)(C)P(CC1C=C([Si](C)(C)C)C=C1C(P)(C1CCCN1)C1CCCN1)C1C2CC3CC(C2)CC1C3. The maximum atomic E-state index is 4.01. The van der Waals surface area contributed by atoms with Crippen molar-refractivity contribution in [2.24, 2.45) is 29.6 Å². The van der Waals surface area contributed by atoms with E-state index >= 15 is 0 Å². The molecule has 2 saturated heterocycles. The molecule has 0 amide bonds. The van der Waals surface area contributed by atoms with Gasteiger partial charge < -0.3 is 10.6 Å². The molecule has 5 aliphatic carbocycles. The highest BCUT2D eigenvalue weighted by Gasteiger charge is 2.54. The number of hydrogen-bond acceptors (Lipinski definition) is 2. The van der Waals surface area contributed by atoms with Gasteiger partial charge in [0.2, 0.25) is 0 Å². The lowest BCUT2D eigenvalue weighted by Crippen LogP contribution is -2.57. The molecule has 0 aromatic rings. The van der Waals surface area contributed by atoms with Crippen molar-refractivity contribution in [3.63, 3.8) is 0 Å². The highest BCUT2D eigenvalue weighted by Crippen LogP contribution is 2.68. The van der Waals surface area contributed by atoms with Crippen molar-refractivity contribution in [1.29, 1.82) is 0 Å². The largest absolute Gasteiger partial charge is 0.313 e. The van der Waals surface area contributed by atoms with Crippen molar-refractivity contribution in [3.05, 3.63) is 22.9 Å². The van der Waals surface area contributed by atoms with Crippen molar-refractivity contribution in [2.75, 3.05) is 19.3 Å². The Balaban J connectivity index is 1.36. The van der Waals surface area contributed by atoms with E-state index in [2.05, 4.69) is 72.4 Å². The van der Waals surface area contributed by atoms with Crippen LogP contribution in [0.1, 0.15) is 78.6 Å². The minimum atomic E-state index is -1.39. The summed E-state index contributed by atoms with van der Waals surface area (Å²) in [5.41, 5.74) is 2.83. The zero-order chi connectivity index (χ0) is 26.2. The summed E-state index contributed by atoms with van der Waals surface area (Å²) < 4.78 is 0. The molecular weight excluding hydrogens is 502 g/mol. The predicted octanol–water partition coefficient (Wildman–Crippen LogP) is 7.57. The predicted molar refractivity (Wildman–Crippen MR) is 170 cm³/mol. The quantitative estimate of drug-likeness (QED) is 0.249. The molecule has 5 heteroatoms. The molecule has 2 heterocycles. The molecule has 6 fully saturated rings. The number of rotatable bonds is 7. The van der Waals surface area contributed by atoms with Crippen LogP contribution in [0.25, 0.3) is 0 Å². The lowest BCUT2D eigenvalue weighted by molar-refractivity contribution is 0.0242. The lowest BCUT2D eigenvalue weighted by atomic mass is 9.56. The maximum absolute atomic E-state index is 4.01. The van der Waals surface area contributed by atoms with Crippen LogP contribution in [-0.4, -0.2) is 55.4 Å². The number of nitrogens with one attached hydrogen (secondary N) is 2. The van der Waals surface area contributed by atoms with Gasteiger partial charge in [-0.3, -0.25) is 0 Å². The number of allylic oxidation sites excluding steroid dienone is 3. The molecule has 0 spiro atoms. The highest BCUT2D eigenvalue weighted by molar-refractivity contribution is 7.60. The first kappa shape index (κ1) is 27.6. The molecule has 208 valence electrons. The molecule has 0 aromatic carbocycles. The third-order valence-corrected chi connectivity index (χ3v) is 18.8. The third-order valence-electron chi connectivity index (χ3n) is 11.5. The highest BCUT2D eigenvalue weighted by atomic mass is 31.1. The van der Waals surface area contributed by atoms with Gasteiger partial charge in [-0.05, 0) is 112 Å². The van der Waals surface area contributed by atoms with Crippen molar-refractivity contribution in [2.45, 2.75) is 126 Å². The Hall–Kier alpha value is 0.477. The van der Waals surface area contributed by atoms with E-state index < -0.39 is 8.07 Å². The summed E-state index contributed by atoms with van der Waals surface area (Å²) in [6, 6.07) is 1.19. The molecule has 37 heavy (non-hydrogen) atoms. The van der Waals surface area contributed by atoms with Crippen LogP contribution in [0, 0.1) is 29.6 Å². The molecule has 5 unspecified atom stereocenters. The van der Waals surface area contributed by atoms with Crippen LogP contribution < -0.4 is 10.6 Å². The molecule has 2 aliphatic heterocycles. The summed E-state index contributed by atoms with van der Waals surface area (Å²) in [6.07, 6.45) is 20.2. The van der Waals surface area contributed by atoms with Crippen LogP contribution in [0.5, 0.6) is 0 Å². The Morgan fingerprint density at radius 1 is 0.892 bits per heavy atom. The second-order valence-corrected chi connectivity index (χ2v) is 25.3. The van der Waals surface area contributed by atoms with Crippen LogP contribution in [-0.2, 0) is 0 Å². The fourth-order valence-corrected chi connectivity index (χ4v) is 16.1. The van der Waals surface area contributed by atoms with Gasteiger partial charge in [0.15, 0.2) is 0 Å². The van der Waals surface area contributed by atoms with E-state index in [0.717, 1.165) is 29.3 Å². The number of hydrogen-bond donors (Lipinski definition) is 2. The average Bonchev–Trinajstić information content (AvgIpc) is 3.58. The van der Waals surface area contributed by atoms with Gasteiger partial charge in [0.25, 0.3) is 0 Å². The first-order valence-corrected chi connectivity index (χ1v) is 21.6. The summed E-state index contributed by atoms with van der Waals surface area (Å²) in [5, 5.41) is 10.3. The van der Waals surface area contributed by atoms with E-state index in [1.807, 2.05) is 0 Å². The van der Waals surface area contributed by atoms with Gasteiger partial charge in [0, 0.05) is 23.2 Å². The topological polar surface area (TPSA) is 24.1 Å². The second-order valence-electron chi connectivity index (χ2n) is 16.1. The molecule has 4 saturated carbocycles. The third kappa shape index (κ3) is 5.07.